The molecule has 0 unspecified atom stereocenters. The highest BCUT2D eigenvalue weighted by molar-refractivity contribution is 5.40. The van der Waals surface area contributed by atoms with Crippen LogP contribution in [0.2, 0.25) is 0 Å². The second-order valence-corrected chi connectivity index (χ2v) is 3.40. The summed E-state index contributed by atoms with van der Waals surface area (Å²) in [6.45, 7) is 0. The van der Waals surface area contributed by atoms with Crippen LogP contribution in [0.4, 0.5) is 26.3 Å². The first-order chi connectivity index (χ1) is 8.07. The second-order valence-electron chi connectivity index (χ2n) is 3.40. The third kappa shape index (κ3) is 3.06. The molecule has 0 saturated heterocycles. The molecular weight excluding hydrogens is 266 g/mol. The number of alkyl halides is 6. The van der Waals surface area contributed by atoms with E-state index in [1.54, 1.807) is 0 Å². The van der Waals surface area contributed by atoms with Crippen LogP contribution in [0.15, 0.2) is 18.2 Å². The lowest BCUT2D eigenvalue weighted by molar-refractivity contribution is -0.207. The molecule has 0 amide bonds. The number of rotatable bonds is 2. The van der Waals surface area contributed by atoms with Crippen molar-refractivity contribution in [1.82, 2.24) is 0 Å². The minimum absolute atomic E-state index is 0.219. The molecule has 1 N–H and O–H groups in total. The van der Waals surface area contributed by atoms with Crippen molar-refractivity contribution in [2.24, 2.45) is 0 Å². The molecule has 0 bridgehead atoms. The van der Waals surface area contributed by atoms with Gasteiger partial charge in [-0.05, 0) is 18.2 Å². The van der Waals surface area contributed by atoms with Gasteiger partial charge < -0.3 is 9.84 Å². The zero-order valence-corrected chi connectivity index (χ0v) is 8.93. The molecule has 1 atom stereocenters. The van der Waals surface area contributed by atoms with Gasteiger partial charge >= 0.3 is 12.4 Å². The Morgan fingerprint density at radius 2 is 1.67 bits per heavy atom. The third-order valence-corrected chi connectivity index (χ3v) is 2.16. The first-order valence-electron chi connectivity index (χ1n) is 4.57. The Bertz CT molecular complexity index is 423. The van der Waals surface area contributed by atoms with Gasteiger partial charge in [0, 0.05) is 5.56 Å². The Morgan fingerprint density at radius 1 is 1.11 bits per heavy atom. The normalized spacial score (nSPS) is 14.4. The first kappa shape index (κ1) is 14.6. The molecular formula is C10H8F6O2. The molecule has 8 heteroatoms. The standard InChI is InChI=1S/C10H8F6O2/c1-18-7-3-2-5(9(11,12)13)4-6(7)8(17)10(14,15)16/h2-4,8,17H,1H3/t8-/m0/s1. The van der Waals surface area contributed by atoms with Gasteiger partial charge in [-0.2, -0.15) is 26.3 Å². The fraction of sp³-hybridized carbons (Fsp3) is 0.400. The van der Waals surface area contributed by atoms with Gasteiger partial charge in [0.15, 0.2) is 6.10 Å². The fourth-order valence-electron chi connectivity index (χ4n) is 1.30. The van der Waals surface area contributed by atoms with Gasteiger partial charge in [0.1, 0.15) is 5.75 Å². The Hall–Kier alpha value is -1.44. The summed E-state index contributed by atoms with van der Waals surface area (Å²) in [4.78, 5) is 0. The van der Waals surface area contributed by atoms with Gasteiger partial charge in [-0.15, -0.1) is 0 Å². The number of aliphatic hydroxyl groups excluding tert-OH is 1. The molecule has 0 aliphatic heterocycles. The summed E-state index contributed by atoms with van der Waals surface area (Å²) in [6, 6.07) is 1.52. The lowest BCUT2D eigenvalue weighted by Crippen LogP contribution is -2.21. The van der Waals surface area contributed by atoms with Crippen LogP contribution in [0, 0.1) is 0 Å². The molecule has 18 heavy (non-hydrogen) atoms. The largest absolute Gasteiger partial charge is 0.496 e. The molecule has 0 radical (unpaired) electrons. The van der Waals surface area contributed by atoms with Crippen LogP contribution in [0.25, 0.3) is 0 Å². The molecule has 0 aromatic heterocycles. The SMILES string of the molecule is COc1ccc(C(F)(F)F)cc1[C@H](O)C(F)(F)F. The van der Waals surface area contributed by atoms with Crippen LogP contribution < -0.4 is 4.74 Å². The number of hydrogen-bond acceptors (Lipinski definition) is 2. The highest BCUT2D eigenvalue weighted by Crippen LogP contribution is 2.40. The van der Waals surface area contributed by atoms with E-state index < -0.39 is 35.3 Å². The summed E-state index contributed by atoms with van der Waals surface area (Å²) in [5.41, 5.74) is -2.26. The molecule has 1 aromatic rings. The van der Waals surface area contributed by atoms with Crippen LogP contribution in [0.5, 0.6) is 5.75 Å². The molecule has 102 valence electrons. The lowest BCUT2D eigenvalue weighted by Gasteiger charge is -2.19. The first-order valence-corrected chi connectivity index (χ1v) is 4.57. The summed E-state index contributed by atoms with van der Waals surface area (Å²) in [6.07, 6.45) is -12.9. The number of aliphatic hydroxyl groups is 1. The topological polar surface area (TPSA) is 29.5 Å². The lowest BCUT2D eigenvalue weighted by atomic mass is 10.0. The van der Waals surface area contributed by atoms with Gasteiger partial charge in [0.05, 0.1) is 12.7 Å². The van der Waals surface area contributed by atoms with Crippen molar-refractivity contribution in [3.8, 4) is 5.75 Å². The second kappa shape index (κ2) is 4.68. The number of halogens is 6. The zero-order valence-electron chi connectivity index (χ0n) is 8.93. The minimum Gasteiger partial charge on any atom is -0.496 e. The Labute approximate surface area is 97.8 Å². The molecule has 0 fully saturated rings. The van der Waals surface area contributed by atoms with Crippen LogP contribution in [0.3, 0.4) is 0 Å². The summed E-state index contributed by atoms with van der Waals surface area (Å²) in [7, 11) is 0.995. The average molecular weight is 274 g/mol. The molecule has 0 heterocycles. The minimum atomic E-state index is -5.07. The van der Waals surface area contributed by atoms with E-state index in [1.165, 1.54) is 0 Å². The van der Waals surface area contributed by atoms with Gasteiger partial charge in [0.25, 0.3) is 0 Å². The van der Waals surface area contributed by atoms with Crippen molar-refractivity contribution >= 4 is 0 Å². The average Bonchev–Trinajstić information content (AvgIpc) is 2.24. The molecule has 0 aliphatic carbocycles. The highest BCUT2D eigenvalue weighted by atomic mass is 19.4. The zero-order chi connectivity index (χ0) is 14.1. The maximum absolute atomic E-state index is 12.4. The van der Waals surface area contributed by atoms with Crippen molar-refractivity contribution in [1.29, 1.82) is 0 Å². The predicted octanol–water partition coefficient (Wildman–Crippen LogP) is 3.31. The summed E-state index contributed by atoms with van der Waals surface area (Å²) < 4.78 is 78.5. The fourth-order valence-corrected chi connectivity index (χ4v) is 1.30. The van der Waals surface area contributed by atoms with Crippen LogP contribution >= 0.6 is 0 Å². The van der Waals surface area contributed by atoms with Gasteiger partial charge in [-0.25, -0.2) is 0 Å². The molecule has 2 nitrogen and oxygen atoms in total. The van der Waals surface area contributed by atoms with E-state index >= 15 is 0 Å². The van der Waals surface area contributed by atoms with Crippen LogP contribution in [-0.4, -0.2) is 18.4 Å². The van der Waals surface area contributed by atoms with Gasteiger partial charge in [-0.3, -0.25) is 0 Å². The van der Waals surface area contributed by atoms with Crippen molar-refractivity contribution < 1.29 is 36.2 Å². The molecule has 0 saturated carbocycles. The van der Waals surface area contributed by atoms with E-state index in [0.717, 1.165) is 13.2 Å². The monoisotopic (exact) mass is 274 g/mol. The molecule has 0 aliphatic rings. The van der Waals surface area contributed by atoms with E-state index in [0.29, 0.717) is 6.07 Å². The molecule has 0 spiro atoms. The maximum Gasteiger partial charge on any atom is 0.418 e. The van der Waals surface area contributed by atoms with E-state index in [9.17, 15) is 26.3 Å². The Morgan fingerprint density at radius 3 is 2.06 bits per heavy atom. The van der Waals surface area contributed by atoms with E-state index in [1.807, 2.05) is 0 Å². The summed E-state index contributed by atoms with van der Waals surface area (Å²) in [5.74, 6) is -0.465. The van der Waals surface area contributed by atoms with E-state index in [-0.39, 0.29) is 6.07 Å². The van der Waals surface area contributed by atoms with Gasteiger partial charge in [-0.1, -0.05) is 0 Å². The number of benzene rings is 1. The van der Waals surface area contributed by atoms with Crippen molar-refractivity contribution in [3.05, 3.63) is 29.3 Å². The predicted molar refractivity (Wildman–Crippen MR) is 49.0 cm³/mol. The number of methoxy groups -OCH3 is 1. The maximum atomic E-state index is 12.4. The number of ether oxygens (including phenoxy) is 1. The smallest absolute Gasteiger partial charge is 0.418 e. The quantitative estimate of drug-likeness (QED) is 0.838. The Kier molecular flexibility index (Phi) is 3.80. The van der Waals surface area contributed by atoms with Gasteiger partial charge in [0.2, 0.25) is 0 Å². The Balaban J connectivity index is 3.31. The summed E-state index contributed by atoms with van der Waals surface area (Å²) in [5, 5.41) is 8.99. The molecule has 1 rings (SSSR count). The van der Waals surface area contributed by atoms with Crippen molar-refractivity contribution in [2.45, 2.75) is 18.5 Å². The van der Waals surface area contributed by atoms with Crippen molar-refractivity contribution in [2.75, 3.05) is 7.11 Å². The van der Waals surface area contributed by atoms with Crippen LogP contribution in [-0.2, 0) is 6.18 Å². The third-order valence-electron chi connectivity index (χ3n) is 2.16. The van der Waals surface area contributed by atoms with Crippen LogP contribution in [0.1, 0.15) is 17.2 Å². The highest BCUT2D eigenvalue weighted by Gasteiger charge is 2.42. The molecule has 1 aromatic carbocycles. The van der Waals surface area contributed by atoms with E-state index in [4.69, 9.17) is 5.11 Å². The summed E-state index contributed by atoms with van der Waals surface area (Å²) >= 11 is 0. The number of hydrogen-bond donors (Lipinski definition) is 1. The van der Waals surface area contributed by atoms with Crippen molar-refractivity contribution in [3.63, 3.8) is 0 Å². The van der Waals surface area contributed by atoms with E-state index in [2.05, 4.69) is 4.74 Å².